The predicted octanol–water partition coefficient (Wildman–Crippen LogP) is 5.79. The lowest BCUT2D eigenvalue weighted by atomic mass is 9.91. The molecule has 2 rings (SSSR count). The standard InChI is InChI=1S/C15H7F12NO/c16-10(17)12(20,21)14(24,25)15(26,27)13(22,23)11(18,19)9(29)8-5-6-3-1-2-4-7(6)28-8/h1-5,10,28H. The topological polar surface area (TPSA) is 32.9 Å². The summed E-state index contributed by atoms with van der Waals surface area (Å²) < 4.78 is 158. The van der Waals surface area contributed by atoms with E-state index in [9.17, 15) is 57.5 Å². The minimum atomic E-state index is -7.74. The highest BCUT2D eigenvalue weighted by atomic mass is 19.4. The third kappa shape index (κ3) is 3.03. The first-order valence-corrected chi connectivity index (χ1v) is 7.22. The summed E-state index contributed by atoms with van der Waals surface area (Å²) in [6.07, 6.45) is -5.60. The Morgan fingerprint density at radius 2 is 1.31 bits per heavy atom. The average molecular weight is 445 g/mol. The molecule has 0 spiro atoms. The van der Waals surface area contributed by atoms with Crippen molar-refractivity contribution in [3.8, 4) is 0 Å². The second kappa shape index (κ2) is 6.55. The molecule has 0 aliphatic rings. The highest BCUT2D eigenvalue weighted by Crippen LogP contribution is 2.58. The number of ketones is 1. The molecule has 0 aliphatic carbocycles. The number of hydrogen-bond donors (Lipinski definition) is 1. The van der Waals surface area contributed by atoms with Crippen LogP contribution in [0.1, 0.15) is 10.5 Å². The fourth-order valence-corrected chi connectivity index (χ4v) is 2.25. The van der Waals surface area contributed by atoms with Crippen LogP contribution in [-0.4, -0.2) is 46.8 Å². The van der Waals surface area contributed by atoms with Gasteiger partial charge in [0.15, 0.2) is 0 Å². The van der Waals surface area contributed by atoms with E-state index in [1.165, 1.54) is 18.2 Å². The van der Waals surface area contributed by atoms with E-state index >= 15 is 0 Å². The van der Waals surface area contributed by atoms with Gasteiger partial charge in [0.2, 0.25) is 0 Å². The molecular weight excluding hydrogens is 438 g/mol. The molecule has 0 fully saturated rings. The Labute approximate surface area is 152 Å². The largest absolute Gasteiger partial charge is 0.386 e. The summed E-state index contributed by atoms with van der Waals surface area (Å²) in [5, 5.41) is -0.0451. The maximum atomic E-state index is 13.9. The number of carbonyl (C=O) groups excluding carboxylic acids is 1. The van der Waals surface area contributed by atoms with Crippen LogP contribution in [0.4, 0.5) is 52.7 Å². The van der Waals surface area contributed by atoms with Gasteiger partial charge in [-0.3, -0.25) is 4.79 Å². The number of carbonyl (C=O) groups is 1. The van der Waals surface area contributed by atoms with Crippen LogP contribution in [-0.2, 0) is 0 Å². The van der Waals surface area contributed by atoms with Crippen LogP contribution in [0.2, 0.25) is 0 Å². The van der Waals surface area contributed by atoms with Gasteiger partial charge >= 0.3 is 36.0 Å². The zero-order valence-electron chi connectivity index (χ0n) is 13.4. The first-order chi connectivity index (χ1) is 12.9. The van der Waals surface area contributed by atoms with Gasteiger partial charge < -0.3 is 4.98 Å². The minimum absolute atomic E-state index is 0.0451. The lowest BCUT2D eigenvalue weighted by molar-refractivity contribution is -0.405. The number of nitrogens with one attached hydrogen (secondary N) is 1. The first kappa shape index (κ1) is 22.9. The van der Waals surface area contributed by atoms with Crippen molar-refractivity contribution in [2.75, 3.05) is 0 Å². The number of aromatic nitrogens is 1. The van der Waals surface area contributed by atoms with E-state index in [1.54, 1.807) is 0 Å². The molecule has 0 saturated heterocycles. The van der Waals surface area contributed by atoms with E-state index in [0.29, 0.717) is 6.07 Å². The number of hydrogen-bond acceptors (Lipinski definition) is 1. The molecule has 2 nitrogen and oxygen atoms in total. The maximum Gasteiger partial charge on any atom is 0.386 e. The Morgan fingerprint density at radius 3 is 1.79 bits per heavy atom. The average Bonchev–Trinajstić information content (AvgIpc) is 3.04. The van der Waals surface area contributed by atoms with Crippen molar-refractivity contribution in [2.24, 2.45) is 0 Å². The Hall–Kier alpha value is -2.41. The molecule has 14 heteroatoms. The molecule has 1 heterocycles. The van der Waals surface area contributed by atoms with Gasteiger partial charge in [0.25, 0.3) is 5.78 Å². The molecule has 0 aliphatic heterocycles. The van der Waals surface area contributed by atoms with Crippen molar-refractivity contribution < 1.29 is 57.5 Å². The van der Waals surface area contributed by atoms with E-state index in [-0.39, 0.29) is 10.9 Å². The number of aromatic amines is 1. The van der Waals surface area contributed by atoms with Crippen LogP contribution in [0.3, 0.4) is 0 Å². The molecule has 1 aromatic carbocycles. The Bertz CT molecular complexity index is 884. The van der Waals surface area contributed by atoms with Gasteiger partial charge in [-0.15, -0.1) is 0 Å². The van der Waals surface area contributed by atoms with Crippen LogP contribution >= 0.6 is 0 Å². The summed E-state index contributed by atoms with van der Waals surface area (Å²) in [7, 11) is 0. The van der Waals surface area contributed by atoms with Crippen LogP contribution in [0, 0.1) is 0 Å². The van der Waals surface area contributed by atoms with Gasteiger partial charge in [-0.1, -0.05) is 18.2 Å². The summed E-state index contributed by atoms with van der Waals surface area (Å²) in [4.78, 5) is 13.5. The van der Waals surface area contributed by atoms with E-state index < -0.39 is 47.5 Å². The first-order valence-electron chi connectivity index (χ1n) is 7.22. The number of rotatable bonds is 7. The molecule has 0 radical (unpaired) electrons. The van der Waals surface area contributed by atoms with E-state index in [4.69, 9.17) is 0 Å². The summed E-state index contributed by atoms with van der Waals surface area (Å²) in [5.41, 5.74) is -1.55. The molecule has 0 saturated carbocycles. The van der Waals surface area contributed by atoms with E-state index in [2.05, 4.69) is 0 Å². The molecular formula is C15H7F12NO. The lowest BCUT2D eigenvalue weighted by Crippen LogP contribution is -2.69. The number of fused-ring (bicyclic) bond motifs is 1. The number of halogens is 12. The summed E-state index contributed by atoms with van der Waals surface area (Å²) in [6.45, 7) is 0. The van der Waals surface area contributed by atoms with Crippen molar-refractivity contribution in [3.63, 3.8) is 0 Å². The molecule has 0 bridgehead atoms. The van der Waals surface area contributed by atoms with Gasteiger partial charge in [0, 0.05) is 10.9 Å². The number of benzene rings is 1. The zero-order valence-corrected chi connectivity index (χ0v) is 13.4. The normalized spacial score (nSPS) is 14.7. The third-order valence-corrected chi connectivity index (χ3v) is 3.94. The van der Waals surface area contributed by atoms with E-state index in [0.717, 1.165) is 6.07 Å². The Kier molecular flexibility index (Phi) is 5.17. The molecule has 0 atom stereocenters. The number of H-pyrrole nitrogens is 1. The number of Topliss-reactive ketones (excluding diaryl/α,β-unsaturated/α-hetero) is 1. The Morgan fingerprint density at radius 1 is 0.793 bits per heavy atom. The molecule has 162 valence electrons. The van der Waals surface area contributed by atoms with Crippen molar-refractivity contribution >= 4 is 16.7 Å². The van der Waals surface area contributed by atoms with Crippen molar-refractivity contribution in [3.05, 3.63) is 36.0 Å². The lowest BCUT2D eigenvalue weighted by Gasteiger charge is -2.38. The summed E-state index contributed by atoms with van der Waals surface area (Å²) in [6, 6.07) is 5.41. The fourth-order valence-electron chi connectivity index (χ4n) is 2.25. The second-order valence-electron chi connectivity index (χ2n) is 5.82. The highest BCUT2D eigenvalue weighted by molar-refractivity contribution is 6.04. The van der Waals surface area contributed by atoms with Crippen LogP contribution in [0.15, 0.2) is 30.3 Å². The maximum absolute atomic E-state index is 13.9. The fraction of sp³-hybridized carbons (Fsp3) is 0.400. The molecule has 2 aromatic rings. The highest BCUT2D eigenvalue weighted by Gasteiger charge is 2.89. The molecule has 1 aromatic heterocycles. The molecule has 29 heavy (non-hydrogen) atoms. The number of para-hydroxylation sites is 1. The van der Waals surface area contributed by atoms with Gasteiger partial charge in [-0.25, -0.2) is 8.78 Å². The molecule has 1 N–H and O–H groups in total. The Balaban J connectivity index is 2.54. The number of alkyl halides is 12. The van der Waals surface area contributed by atoms with Crippen LogP contribution in [0.5, 0.6) is 0 Å². The smallest absolute Gasteiger partial charge is 0.352 e. The molecule has 0 amide bonds. The van der Waals surface area contributed by atoms with E-state index in [1.807, 2.05) is 4.98 Å². The zero-order chi connectivity index (χ0) is 22.6. The third-order valence-electron chi connectivity index (χ3n) is 3.94. The van der Waals surface area contributed by atoms with Crippen molar-refractivity contribution in [2.45, 2.75) is 36.0 Å². The van der Waals surface area contributed by atoms with Crippen LogP contribution in [0.25, 0.3) is 10.9 Å². The van der Waals surface area contributed by atoms with Gasteiger partial charge in [-0.05, 0) is 12.1 Å². The SMILES string of the molecule is O=C(c1cc2ccccc2[nH]1)C(F)(F)C(F)(F)C(F)(F)C(F)(F)C(F)(F)C(F)F. The van der Waals surface area contributed by atoms with Crippen LogP contribution < -0.4 is 0 Å². The van der Waals surface area contributed by atoms with Crippen molar-refractivity contribution in [1.29, 1.82) is 0 Å². The van der Waals surface area contributed by atoms with Gasteiger partial charge in [0.05, 0.1) is 5.69 Å². The monoisotopic (exact) mass is 445 g/mol. The summed E-state index contributed by atoms with van der Waals surface area (Å²) >= 11 is 0. The van der Waals surface area contributed by atoms with Crippen molar-refractivity contribution in [1.82, 2.24) is 4.98 Å². The van der Waals surface area contributed by atoms with Gasteiger partial charge in [-0.2, -0.15) is 43.9 Å². The predicted molar refractivity (Wildman–Crippen MR) is 73.4 cm³/mol. The summed E-state index contributed by atoms with van der Waals surface area (Å²) in [5.74, 6) is -39.8. The molecule has 0 unspecified atom stereocenters. The quantitative estimate of drug-likeness (QED) is 0.425. The minimum Gasteiger partial charge on any atom is -0.352 e. The second-order valence-corrected chi connectivity index (χ2v) is 5.82. The van der Waals surface area contributed by atoms with Gasteiger partial charge in [0.1, 0.15) is 0 Å².